The van der Waals surface area contributed by atoms with E-state index in [2.05, 4.69) is 46.4 Å². The number of hydrogen-bond donors (Lipinski definition) is 0. The highest BCUT2D eigenvalue weighted by Gasteiger charge is 2.17. The quantitative estimate of drug-likeness (QED) is 0.854. The molecule has 0 atom stereocenters. The van der Waals surface area contributed by atoms with Gasteiger partial charge in [0.1, 0.15) is 0 Å². The molecule has 0 amide bonds. The van der Waals surface area contributed by atoms with Crippen molar-refractivity contribution in [3.63, 3.8) is 0 Å². The molecule has 0 unspecified atom stereocenters. The molecule has 0 saturated carbocycles. The van der Waals surface area contributed by atoms with E-state index in [0.29, 0.717) is 0 Å². The maximum Gasteiger partial charge on any atom is 0.266 e. The van der Waals surface area contributed by atoms with Gasteiger partial charge in [-0.15, -0.1) is 0 Å². The van der Waals surface area contributed by atoms with E-state index < -0.39 is 0 Å². The van der Waals surface area contributed by atoms with Gasteiger partial charge in [0.15, 0.2) is 0 Å². The third kappa shape index (κ3) is 2.61. The molecule has 0 bridgehead atoms. The van der Waals surface area contributed by atoms with Crippen LogP contribution in [0.15, 0.2) is 59.1 Å². The summed E-state index contributed by atoms with van der Waals surface area (Å²) in [5.74, 6) is 0. The van der Waals surface area contributed by atoms with Crippen molar-refractivity contribution in [1.29, 1.82) is 0 Å². The summed E-state index contributed by atoms with van der Waals surface area (Å²) in [6.07, 6.45) is 8.56. The Balaban J connectivity index is 1.62. The monoisotopic (exact) mass is 305 g/mol. The zero-order valence-electron chi connectivity index (χ0n) is 13.2. The molecule has 1 aromatic carbocycles. The summed E-state index contributed by atoms with van der Waals surface area (Å²) in [6, 6.07) is 9.94. The number of hydrogen-bond acceptors (Lipinski definition) is 3. The molecule has 2 aliphatic rings. The second kappa shape index (κ2) is 5.54. The molecule has 0 spiro atoms. The Hall–Kier alpha value is -2.62. The predicted molar refractivity (Wildman–Crippen MR) is 91.1 cm³/mol. The van der Waals surface area contributed by atoms with Gasteiger partial charge >= 0.3 is 0 Å². The Morgan fingerprint density at radius 2 is 1.83 bits per heavy atom. The molecule has 1 aliphatic heterocycles. The van der Waals surface area contributed by atoms with Gasteiger partial charge in [-0.1, -0.05) is 18.2 Å². The molecule has 23 heavy (non-hydrogen) atoms. The topological polar surface area (TPSA) is 38.1 Å². The van der Waals surface area contributed by atoms with Crippen LogP contribution in [0.4, 0.5) is 0 Å². The van der Waals surface area contributed by atoms with E-state index in [-0.39, 0.29) is 5.56 Å². The third-order valence-electron chi connectivity index (χ3n) is 4.66. The Labute approximate surface area is 135 Å². The number of fused-ring (bicyclic) bond motifs is 1. The molecule has 1 aliphatic carbocycles. The lowest BCUT2D eigenvalue weighted by Crippen LogP contribution is -2.26. The molecule has 2 aromatic rings. The lowest BCUT2D eigenvalue weighted by molar-refractivity contribution is 0.370. The minimum absolute atomic E-state index is 0.0824. The summed E-state index contributed by atoms with van der Waals surface area (Å²) in [4.78, 5) is 13.9. The molecule has 0 radical (unpaired) electrons. The van der Waals surface area contributed by atoms with E-state index in [0.717, 1.165) is 37.2 Å². The maximum atomic E-state index is 11.5. The lowest BCUT2D eigenvalue weighted by atomic mass is 9.99. The molecular formula is C19H19N3O. The Morgan fingerprint density at radius 1 is 1.04 bits per heavy atom. The molecule has 4 rings (SSSR count). The van der Waals surface area contributed by atoms with Crippen molar-refractivity contribution < 1.29 is 0 Å². The van der Waals surface area contributed by atoms with Crippen molar-refractivity contribution >= 4 is 0 Å². The predicted octanol–water partition coefficient (Wildman–Crippen LogP) is 2.30. The molecular weight excluding hydrogens is 286 g/mol. The highest BCUT2D eigenvalue weighted by atomic mass is 16.1. The van der Waals surface area contributed by atoms with Crippen LogP contribution < -0.4 is 5.56 Å². The van der Waals surface area contributed by atoms with E-state index in [1.807, 2.05) is 0 Å². The first-order valence-electron chi connectivity index (χ1n) is 8.00. The van der Waals surface area contributed by atoms with E-state index in [4.69, 9.17) is 0 Å². The summed E-state index contributed by atoms with van der Waals surface area (Å²) in [6.45, 7) is 2.12. The largest absolute Gasteiger partial charge is 0.371 e. The fourth-order valence-corrected chi connectivity index (χ4v) is 3.19. The van der Waals surface area contributed by atoms with Crippen LogP contribution in [0.1, 0.15) is 11.1 Å². The normalized spacial score (nSPS) is 16.4. The van der Waals surface area contributed by atoms with Crippen LogP contribution in [-0.4, -0.2) is 27.8 Å². The molecule has 0 saturated heterocycles. The van der Waals surface area contributed by atoms with Gasteiger partial charge in [-0.3, -0.25) is 4.79 Å². The van der Waals surface area contributed by atoms with Crippen LogP contribution >= 0.6 is 0 Å². The SMILES string of the molecule is Cn1nc(-c2ccc3c(c2)CCN(C2=CC=C2)CC3)ccc1=O. The van der Waals surface area contributed by atoms with Gasteiger partial charge in [0.25, 0.3) is 5.56 Å². The van der Waals surface area contributed by atoms with E-state index in [1.54, 1.807) is 19.2 Å². The van der Waals surface area contributed by atoms with Gasteiger partial charge in [0, 0.05) is 37.5 Å². The zero-order valence-corrected chi connectivity index (χ0v) is 13.2. The van der Waals surface area contributed by atoms with Crippen LogP contribution in [0.2, 0.25) is 0 Å². The minimum atomic E-state index is -0.0824. The number of nitrogens with zero attached hydrogens (tertiary/aromatic N) is 3. The molecule has 4 heteroatoms. The average molecular weight is 305 g/mol. The van der Waals surface area contributed by atoms with E-state index >= 15 is 0 Å². The molecule has 4 nitrogen and oxygen atoms in total. The first kappa shape index (κ1) is 14.0. The van der Waals surface area contributed by atoms with E-state index in [9.17, 15) is 4.79 Å². The maximum absolute atomic E-state index is 11.5. The number of rotatable bonds is 2. The fraction of sp³-hybridized carbons (Fsp3) is 0.263. The summed E-state index contributed by atoms with van der Waals surface area (Å²) >= 11 is 0. The smallest absolute Gasteiger partial charge is 0.266 e. The van der Waals surface area contributed by atoms with Crippen LogP contribution in [0.3, 0.4) is 0 Å². The number of allylic oxidation sites excluding steroid dienone is 3. The third-order valence-corrected chi connectivity index (χ3v) is 4.66. The standard InChI is InChI=1S/C19H19N3O/c1-21-19(23)8-7-18(20-21)16-6-5-14-9-11-22(17-3-2-4-17)12-10-15(14)13-16/h2-8,13H,9-12H2,1H3. The zero-order chi connectivity index (χ0) is 15.8. The summed E-state index contributed by atoms with van der Waals surface area (Å²) in [7, 11) is 1.69. The first-order chi connectivity index (χ1) is 11.2. The van der Waals surface area contributed by atoms with Crippen LogP contribution in [0, 0.1) is 0 Å². The van der Waals surface area contributed by atoms with Crippen molar-refractivity contribution in [2.75, 3.05) is 13.1 Å². The van der Waals surface area contributed by atoms with Crippen molar-refractivity contribution in [1.82, 2.24) is 14.7 Å². The number of benzene rings is 1. The van der Waals surface area contributed by atoms with Crippen LogP contribution in [0.25, 0.3) is 11.3 Å². The van der Waals surface area contributed by atoms with Crippen molar-refractivity contribution in [3.05, 3.63) is 75.7 Å². The second-order valence-corrected chi connectivity index (χ2v) is 6.10. The van der Waals surface area contributed by atoms with Crippen molar-refractivity contribution in [3.8, 4) is 11.3 Å². The second-order valence-electron chi connectivity index (χ2n) is 6.10. The molecule has 2 heterocycles. The van der Waals surface area contributed by atoms with Crippen LogP contribution in [-0.2, 0) is 19.9 Å². The van der Waals surface area contributed by atoms with Gasteiger partial charge in [0.2, 0.25) is 0 Å². The summed E-state index contributed by atoms with van der Waals surface area (Å²) in [5, 5.41) is 4.36. The molecule has 0 fully saturated rings. The van der Waals surface area contributed by atoms with Gasteiger partial charge in [-0.2, -0.15) is 5.10 Å². The van der Waals surface area contributed by atoms with Gasteiger partial charge in [0.05, 0.1) is 5.69 Å². The van der Waals surface area contributed by atoms with Crippen LogP contribution in [0.5, 0.6) is 0 Å². The van der Waals surface area contributed by atoms with Gasteiger partial charge in [-0.05, 0) is 48.3 Å². The van der Waals surface area contributed by atoms with Gasteiger partial charge < -0.3 is 4.90 Å². The summed E-state index contributed by atoms with van der Waals surface area (Å²) in [5.41, 5.74) is 6.00. The molecule has 1 aromatic heterocycles. The highest BCUT2D eigenvalue weighted by Crippen LogP contribution is 2.25. The molecule has 0 N–H and O–H groups in total. The Morgan fingerprint density at radius 3 is 2.52 bits per heavy atom. The number of aryl methyl sites for hydroxylation is 1. The Kier molecular flexibility index (Phi) is 3.37. The summed E-state index contributed by atoms with van der Waals surface area (Å²) < 4.78 is 1.39. The number of aromatic nitrogens is 2. The van der Waals surface area contributed by atoms with Crippen molar-refractivity contribution in [2.45, 2.75) is 12.8 Å². The molecule has 116 valence electrons. The highest BCUT2D eigenvalue weighted by molar-refractivity contribution is 5.60. The van der Waals surface area contributed by atoms with E-state index in [1.165, 1.54) is 21.5 Å². The van der Waals surface area contributed by atoms with Crippen molar-refractivity contribution in [2.24, 2.45) is 7.05 Å². The minimum Gasteiger partial charge on any atom is -0.371 e. The fourth-order valence-electron chi connectivity index (χ4n) is 3.19. The van der Waals surface area contributed by atoms with Gasteiger partial charge in [-0.25, -0.2) is 4.68 Å². The Bertz CT molecular complexity index is 876. The first-order valence-corrected chi connectivity index (χ1v) is 8.00. The average Bonchev–Trinajstić information content (AvgIpc) is 2.71. The lowest BCUT2D eigenvalue weighted by Gasteiger charge is -2.26.